The molecular weight excluding hydrogens is 268 g/mol. The van der Waals surface area contributed by atoms with Crippen LogP contribution in [0.2, 0.25) is 0 Å². The molecule has 1 heterocycles. The van der Waals surface area contributed by atoms with Crippen LogP contribution < -0.4 is 0 Å². The molecule has 0 saturated carbocycles. The van der Waals surface area contributed by atoms with Crippen LogP contribution in [0.5, 0.6) is 0 Å². The van der Waals surface area contributed by atoms with Crippen LogP contribution in [0.4, 0.5) is 0 Å². The molecule has 0 bridgehead atoms. The number of hydrogen-bond acceptors (Lipinski definition) is 4. The molecule has 0 aromatic rings. The smallest absolute Gasteiger partial charge is 0.188 e. The summed E-state index contributed by atoms with van der Waals surface area (Å²) in [5, 5.41) is 0. The van der Waals surface area contributed by atoms with Crippen molar-refractivity contribution >= 4 is 11.6 Å². The van der Waals surface area contributed by atoms with Crippen molar-refractivity contribution in [3.8, 4) is 0 Å². The number of rotatable bonds is 4. The fourth-order valence-corrected chi connectivity index (χ4v) is 3.03. The van der Waals surface area contributed by atoms with Crippen molar-refractivity contribution in [3.63, 3.8) is 0 Å². The lowest BCUT2D eigenvalue weighted by Gasteiger charge is -2.21. The Hall–Kier alpha value is -1.78. The monoisotopic (exact) mass is 286 g/mol. The Balaban J connectivity index is 1.78. The molecule has 0 aromatic carbocycles. The van der Waals surface area contributed by atoms with E-state index in [2.05, 4.69) is 6.58 Å². The van der Waals surface area contributed by atoms with Crippen LogP contribution >= 0.6 is 0 Å². The molecule has 0 fully saturated rings. The Labute approximate surface area is 123 Å². The van der Waals surface area contributed by atoms with Crippen molar-refractivity contribution in [2.45, 2.75) is 38.6 Å². The summed E-state index contributed by atoms with van der Waals surface area (Å²) in [5.74, 6) is 0.145. The Morgan fingerprint density at radius 3 is 3.00 bits per heavy atom. The van der Waals surface area contributed by atoms with E-state index < -0.39 is 6.29 Å². The first-order valence-corrected chi connectivity index (χ1v) is 7.15. The molecule has 3 aliphatic rings. The van der Waals surface area contributed by atoms with Gasteiger partial charge in [0.2, 0.25) is 0 Å². The summed E-state index contributed by atoms with van der Waals surface area (Å²) in [6, 6.07) is 0. The van der Waals surface area contributed by atoms with Gasteiger partial charge in [-0.1, -0.05) is 18.2 Å². The minimum absolute atomic E-state index is 0.0484. The maximum absolute atomic E-state index is 12.0. The molecule has 2 aliphatic carbocycles. The van der Waals surface area contributed by atoms with Crippen molar-refractivity contribution < 1.29 is 19.1 Å². The molecule has 0 aromatic heterocycles. The van der Waals surface area contributed by atoms with E-state index >= 15 is 0 Å². The predicted octanol–water partition coefficient (Wildman–Crippen LogP) is 2.42. The average molecular weight is 286 g/mol. The summed E-state index contributed by atoms with van der Waals surface area (Å²) in [5.41, 5.74) is 3.22. The Kier molecular flexibility index (Phi) is 3.74. The molecule has 0 radical (unpaired) electrons. The highest BCUT2D eigenvalue weighted by Gasteiger charge is 2.37. The molecule has 0 saturated heterocycles. The molecule has 2 unspecified atom stereocenters. The molecule has 3 rings (SSSR count). The van der Waals surface area contributed by atoms with Gasteiger partial charge in [-0.25, -0.2) is 0 Å². The van der Waals surface area contributed by atoms with Gasteiger partial charge in [0.25, 0.3) is 0 Å². The fourth-order valence-electron chi connectivity index (χ4n) is 3.03. The van der Waals surface area contributed by atoms with Crippen molar-refractivity contribution in [1.82, 2.24) is 0 Å². The number of carbonyl (C=O) groups is 2. The number of ether oxygens (including phenoxy) is 2. The molecular formula is C17H18O4. The SMILES string of the molecule is C=CCC1=C(C)C(OC2OCC3=C2C(=O)CC=C3)CC1=O. The first kappa shape index (κ1) is 14.2. The number of allylic oxidation sites excluding steroid dienone is 3. The van der Waals surface area contributed by atoms with Crippen LogP contribution in [0.15, 0.2) is 47.1 Å². The van der Waals surface area contributed by atoms with Gasteiger partial charge in [0.15, 0.2) is 17.9 Å². The average Bonchev–Trinajstić information content (AvgIpc) is 2.98. The quantitative estimate of drug-likeness (QED) is 0.745. The standard InChI is InChI=1S/C17H18O4/c1-3-5-12-10(2)15(8-14(12)19)21-17-16-11(9-20-17)6-4-7-13(16)18/h3-4,6,15,17H,1,5,7-9H2,2H3. The lowest BCUT2D eigenvalue weighted by atomic mass is 9.98. The van der Waals surface area contributed by atoms with Crippen molar-refractivity contribution in [1.29, 1.82) is 0 Å². The molecule has 1 aliphatic heterocycles. The second-order valence-corrected chi connectivity index (χ2v) is 5.52. The first-order valence-electron chi connectivity index (χ1n) is 7.15. The van der Waals surface area contributed by atoms with Gasteiger partial charge >= 0.3 is 0 Å². The first-order chi connectivity index (χ1) is 10.1. The second-order valence-electron chi connectivity index (χ2n) is 5.52. The van der Waals surface area contributed by atoms with Crippen LogP contribution in [0.3, 0.4) is 0 Å². The zero-order valence-corrected chi connectivity index (χ0v) is 12.1. The Bertz CT molecular complexity index is 606. The number of carbonyl (C=O) groups excluding carboxylic acids is 2. The van der Waals surface area contributed by atoms with Crippen LogP contribution in [0.1, 0.15) is 26.2 Å². The molecule has 2 atom stereocenters. The predicted molar refractivity (Wildman–Crippen MR) is 77.5 cm³/mol. The van der Waals surface area contributed by atoms with E-state index in [0.717, 1.165) is 16.7 Å². The van der Waals surface area contributed by atoms with Gasteiger partial charge in [-0.2, -0.15) is 0 Å². The van der Waals surface area contributed by atoms with Crippen molar-refractivity contribution in [2.75, 3.05) is 6.61 Å². The molecule has 4 heteroatoms. The second kappa shape index (κ2) is 5.54. The molecule has 110 valence electrons. The van der Waals surface area contributed by atoms with Crippen molar-refractivity contribution in [2.24, 2.45) is 0 Å². The highest BCUT2D eigenvalue weighted by atomic mass is 16.7. The highest BCUT2D eigenvalue weighted by molar-refractivity contribution is 6.00. The van der Waals surface area contributed by atoms with Gasteiger partial charge in [-0.05, 0) is 24.5 Å². The summed E-state index contributed by atoms with van der Waals surface area (Å²) in [7, 11) is 0. The third kappa shape index (κ3) is 2.45. The summed E-state index contributed by atoms with van der Waals surface area (Å²) < 4.78 is 11.5. The Morgan fingerprint density at radius 2 is 2.24 bits per heavy atom. The molecule has 0 N–H and O–H groups in total. The third-order valence-corrected chi connectivity index (χ3v) is 4.20. The van der Waals surface area contributed by atoms with Gasteiger partial charge in [0.05, 0.1) is 18.3 Å². The lowest BCUT2D eigenvalue weighted by Crippen LogP contribution is -2.27. The number of ketones is 2. The van der Waals surface area contributed by atoms with E-state index in [1.54, 1.807) is 6.08 Å². The van der Waals surface area contributed by atoms with Gasteiger partial charge in [0.1, 0.15) is 0 Å². The van der Waals surface area contributed by atoms with E-state index in [1.165, 1.54) is 0 Å². The zero-order chi connectivity index (χ0) is 15.0. The maximum Gasteiger partial charge on any atom is 0.188 e. The molecule has 4 nitrogen and oxygen atoms in total. The van der Waals surface area contributed by atoms with E-state index in [-0.39, 0.29) is 17.7 Å². The number of Topliss-reactive ketones (excluding diaryl/α,β-unsaturated/α-hetero) is 2. The summed E-state index contributed by atoms with van der Waals surface area (Å²) >= 11 is 0. The van der Waals surface area contributed by atoms with Crippen LogP contribution in [-0.4, -0.2) is 30.6 Å². The van der Waals surface area contributed by atoms with Gasteiger partial charge in [0, 0.05) is 18.4 Å². The Morgan fingerprint density at radius 1 is 1.43 bits per heavy atom. The van der Waals surface area contributed by atoms with E-state index in [0.29, 0.717) is 31.4 Å². The lowest BCUT2D eigenvalue weighted by molar-refractivity contribution is -0.136. The van der Waals surface area contributed by atoms with Crippen molar-refractivity contribution in [3.05, 3.63) is 47.1 Å². The van der Waals surface area contributed by atoms with E-state index in [9.17, 15) is 9.59 Å². The third-order valence-electron chi connectivity index (χ3n) is 4.20. The molecule has 21 heavy (non-hydrogen) atoms. The highest BCUT2D eigenvalue weighted by Crippen LogP contribution is 2.34. The van der Waals surface area contributed by atoms with E-state index in [1.807, 2.05) is 19.1 Å². The minimum atomic E-state index is -0.645. The van der Waals surface area contributed by atoms with E-state index in [4.69, 9.17) is 9.47 Å². The number of hydrogen-bond donors (Lipinski definition) is 0. The van der Waals surface area contributed by atoms with Gasteiger partial charge in [-0.3, -0.25) is 9.59 Å². The van der Waals surface area contributed by atoms with Gasteiger partial charge < -0.3 is 9.47 Å². The minimum Gasteiger partial charge on any atom is -0.343 e. The topological polar surface area (TPSA) is 52.6 Å². The van der Waals surface area contributed by atoms with Gasteiger partial charge in [-0.15, -0.1) is 6.58 Å². The normalized spacial score (nSPS) is 28.6. The van der Waals surface area contributed by atoms with Crippen LogP contribution in [-0.2, 0) is 19.1 Å². The summed E-state index contributed by atoms with van der Waals surface area (Å²) in [6.45, 7) is 5.97. The molecule has 0 spiro atoms. The summed E-state index contributed by atoms with van der Waals surface area (Å²) in [6.07, 6.45) is 5.82. The largest absolute Gasteiger partial charge is 0.343 e. The van der Waals surface area contributed by atoms with Crippen LogP contribution in [0, 0.1) is 0 Å². The molecule has 0 amide bonds. The summed E-state index contributed by atoms with van der Waals surface area (Å²) in [4.78, 5) is 24.0. The van der Waals surface area contributed by atoms with Crippen LogP contribution in [0.25, 0.3) is 0 Å². The maximum atomic E-state index is 12.0. The fraction of sp³-hybridized carbons (Fsp3) is 0.412. The zero-order valence-electron chi connectivity index (χ0n) is 12.1.